The molecule has 0 aliphatic carbocycles. The van der Waals surface area contributed by atoms with Crippen molar-refractivity contribution in [3.05, 3.63) is 71.7 Å². The molecule has 0 radical (unpaired) electrons. The van der Waals surface area contributed by atoms with E-state index in [4.69, 9.17) is 0 Å². The van der Waals surface area contributed by atoms with E-state index in [0.717, 1.165) is 5.56 Å². The number of hydrogen-bond donors (Lipinski definition) is 2. The Bertz CT molecular complexity index is 1070. The van der Waals surface area contributed by atoms with E-state index in [1.54, 1.807) is 22.4 Å². The van der Waals surface area contributed by atoms with Crippen molar-refractivity contribution in [2.24, 2.45) is 0 Å². The van der Waals surface area contributed by atoms with Crippen molar-refractivity contribution >= 4 is 38.1 Å². The molecule has 29 heavy (non-hydrogen) atoms. The molecule has 1 amide bonds. The van der Waals surface area contributed by atoms with Gasteiger partial charge < -0.3 is 10.2 Å². The third-order valence-corrected chi connectivity index (χ3v) is 6.89. The van der Waals surface area contributed by atoms with Gasteiger partial charge in [-0.05, 0) is 36.2 Å². The molecule has 3 aromatic rings. The second-order valence-corrected chi connectivity index (χ2v) is 9.21. The third kappa shape index (κ3) is 4.47. The molecule has 2 N–H and O–H groups in total. The number of thiazole rings is 1. The van der Waals surface area contributed by atoms with Crippen LogP contribution in [0.3, 0.4) is 0 Å². The van der Waals surface area contributed by atoms with Crippen molar-refractivity contribution in [1.82, 2.24) is 10.3 Å². The molecule has 0 bridgehead atoms. The number of hydrogen-bond acceptors (Lipinski definition) is 6. The fourth-order valence-corrected chi connectivity index (χ4v) is 5.00. The fraction of sp³-hybridized carbons (Fsp3) is 0.200. The maximum Gasteiger partial charge on any atom is 0.263 e. The average molecular weight is 429 g/mol. The molecular formula is C20H20N4O3S2. The van der Waals surface area contributed by atoms with Crippen LogP contribution in [0.1, 0.15) is 12.0 Å². The molecule has 1 aliphatic heterocycles. The highest BCUT2D eigenvalue weighted by Crippen LogP contribution is 2.25. The lowest BCUT2D eigenvalue weighted by atomic mass is 10.2. The second-order valence-electron chi connectivity index (χ2n) is 6.63. The van der Waals surface area contributed by atoms with Gasteiger partial charge in [-0.1, -0.05) is 30.3 Å². The zero-order valence-corrected chi connectivity index (χ0v) is 17.1. The molecule has 9 heteroatoms. The van der Waals surface area contributed by atoms with Gasteiger partial charge in [-0.25, -0.2) is 13.4 Å². The van der Waals surface area contributed by atoms with Gasteiger partial charge >= 0.3 is 0 Å². The number of benzene rings is 2. The number of nitrogens with zero attached hydrogens (tertiary/aromatic N) is 2. The Morgan fingerprint density at radius 2 is 1.86 bits per heavy atom. The molecule has 4 rings (SSSR count). The molecule has 2 aromatic carbocycles. The monoisotopic (exact) mass is 428 g/mol. The van der Waals surface area contributed by atoms with E-state index in [1.807, 2.05) is 30.3 Å². The van der Waals surface area contributed by atoms with Crippen LogP contribution in [0.2, 0.25) is 0 Å². The first kappa shape index (κ1) is 19.6. The zero-order valence-electron chi connectivity index (χ0n) is 15.5. The summed E-state index contributed by atoms with van der Waals surface area (Å²) in [4.78, 5) is 18.5. The number of nitrogens with one attached hydrogen (secondary N) is 2. The lowest BCUT2D eigenvalue weighted by molar-refractivity contribution is -0.118. The van der Waals surface area contributed by atoms with Crippen LogP contribution in [0.5, 0.6) is 0 Å². The number of carbonyl (C=O) groups excluding carboxylic acids is 1. The summed E-state index contributed by atoms with van der Waals surface area (Å²) in [6.45, 7) is 1.22. The minimum Gasteiger partial charge on any atom is -0.311 e. The highest BCUT2D eigenvalue weighted by molar-refractivity contribution is 7.93. The van der Waals surface area contributed by atoms with E-state index in [2.05, 4.69) is 15.0 Å². The summed E-state index contributed by atoms with van der Waals surface area (Å²) in [6, 6.07) is 16.0. The Balaban J connectivity index is 1.40. The Morgan fingerprint density at radius 1 is 1.10 bits per heavy atom. The Hall–Kier alpha value is -2.75. The summed E-state index contributed by atoms with van der Waals surface area (Å²) in [7, 11) is -3.70. The smallest absolute Gasteiger partial charge is 0.263 e. The molecule has 1 aliphatic rings. The van der Waals surface area contributed by atoms with Gasteiger partial charge in [-0.15, -0.1) is 11.3 Å². The number of rotatable bonds is 7. The SMILES string of the molecule is O=C1[C@@H](NCc2ccccc2)CCN1c1ccc(S(=O)(=O)Nc2nccs2)cc1. The van der Waals surface area contributed by atoms with Crippen molar-refractivity contribution in [3.63, 3.8) is 0 Å². The van der Waals surface area contributed by atoms with Gasteiger partial charge in [0.05, 0.1) is 10.9 Å². The van der Waals surface area contributed by atoms with Crippen LogP contribution in [0.25, 0.3) is 0 Å². The van der Waals surface area contributed by atoms with Gasteiger partial charge in [-0.3, -0.25) is 9.52 Å². The van der Waals surface area contributed by atoms with E-state index in [9.17, 15) is 13.2 Å². The Labute approximate surface area is 173 Å². The van der Waals surface area contributed by atoms with Crippen molar-refractivity contribution in [2.45, 2.75) is 23.9 Å². The highest BCUT2D eigenvalue weighted by atomic mass is 32.2. The van der Waals surface area contributed by atoms with Crippen molar-refractivity contribution in [1.29, 1.82) is 0 Å². The van der Waals surface area contributed by atoms with E-state index in [-0.39, 0.29) is 16.8 Å². The van der Waals surface area contributed by atoms with Crippen molar-refractivity contribution in [2.75, 3.05) is 16.2 Å². The number of sulfonamides is 1. The summed E-state index contributed by atoms with van der Waals surface area (Å²) < 4.78 is 27.3. The van der Waals surface area contributed by atoms with Crippen molar-refractivity contribution in [3.8, 4) is 0 Å². The normalized spacial score (nSPS) is 16.9. The maximum atomic E-state index is 12.7. The van der Waals surface area contributed by atoms with Crippen molar-refractivity contribution < 1.29 is 13.2 Å². The number of amides is 1. The molecule has 0 saturated carbocycles. The number of anilines is 2. The largest absolute Gasteiger partial charge is 0.311 e. The maximum absolute atomic E-state index is 12.7. The van der Waals surface area contributed by atoms with Gasteiger partial charge in [0.15, 0.2) is 5.13 Å². The standard InChI is InChI=1S/C20H20N4O3S2/c25-19-18(22-14-15-4-2-1-3-5-15)10-12-24(19)16-6-8-17(9-7-16)29(26,27)23-20-21-11-13-28-20/h1-9,11,13,18,22H,10,12,14H2,(H,21,23)/t18-/m0/s1. The molecule has 1 fully saturated rings. The summed E-state index contributed by atoms with van der Waals surface area (Å²) >= 11 is 1.21. The van der Waals surface area contributed by atoms with Crippen LogP contribution in [0, 0.1) is 0 Å². The molecule has 1 atom stereocenters. The molecular weight excluding hydrogens is 408 g/mol. The van der Waals surface area contributed by atoms with Crippen LogP contribution in [0.4, 0.5) is 10.8 Å². The van der Waals surface area contributed by atoms with E-state index < -0.39 is 10.0 Å². The van der Waals surface area contributed by atoms with Gasteiger partial charge in [0.25, 0.3) is 10.0 Å². The van der Waals surface area contributed by atoms with Gasteiger partial charge in [-0.2, -0.15) is 0 Å². The topological polar surface area (TPSA) is 91.4 Å². The van der Waals surface area contributed by atoms with Crippen LogP contribution in [-0.4, -0.2) is 31.9 Å². The first-order valence-corrected chi connectivity index (χ1v) is 11.5. The summed E-state index contributed by atoms with van der Waals surface area (Å²) in [5.74, 6) is -0.00236. The molecule has 0 unspecified atom stereocenters. The highest BCUT2D eigenvalue weighted by Gasteiger charge is 2.32. The van der Waals surface area contributed by atoms with Crippen LogP contribution in [-0.2, 0) is 21.4 Å². The molecule has 1 saturated heterocycles. The molecule has 1 aromatic heterocycles. The fourth-order valence-electron chi connectivity index (χ4n) is 3.22. The lowest BCUT2D eigenvalue weighted by Gasteiger charge is -2.18. The number of aromatic nitrogens is 1. The quantitative estimate of drug-likeness (QED) is 0.604. The number of carbonyl (C=O) groups is 1. The predicted molar refractivity (Wildman–Crippen MR) is 113 cm³/mol. The summed E-state index contributed by atoms with van der Waals surface area (Å²) in [5.41, 5.74) is 1.81. The van der Waals surface area contributed by atoms with Crippen LogP contribution >= 0.6 is 11.3 Å². The first-order valence-electron chi connectivity index (χ1n) is 9.14. The molecule has 0 spiro atoms. The van der Waals surface area contributed by atoms with E-state index in [1.165, 1.54) is 29.7 Å². The lowest BCUT2D eigenvalue weighted by Crippen LogP contribution is -2.38. The average Bonchev–Trinajstić information content (AvgIpc) is 3.36. The molecule has 2 heterocycles. The van der Waals surface area contributed by atoms with Gasteiger partial charge in [0.2, 0.25) is 5.91 Å². The first-order chi connectivity index (χ1) is 14.0. The zero-order chi connectivity index (χ0) is 20.3. The predicted octanol–water partition coefficient (Wildman–Crippen LogP) is 2.84. The Morgan fingerprint density at radius 3 is 2.55 bits per heavy atom. The minimum absolute atomic E-state index is 0.00236. The van der Waals surface area contributed by atoms with E-state index in [0.29, 0.717) is 30.3 Å². The minimum atomic E-state index is -3.70. The summed E-state index contributed by atoms with van der Waals surface area (Å²) in [5, 5.41) is 5.32. The van der Waals surface area contributed by atoms with Crippen LogP contribution in [0.15, 0.2) is 71.1 Å². The van der Waals surface area contributed by atoms with Crippen LogP contribution < -0.4 is 14.9 Å². The van der Waals surface area contributed by atoms with Gasteiger partial charge in [0, 0.05) is 30.4 Å². The second kappa shape index (κ2) is 8.32. The van der Waals surface area contributed by atoms with E-state index >= 15 is 0 Å². The third-order valence-electron chi connectivity index (χ3n) is 4.71. The Kier molecular flexibility index (Phi) is 5.61. The summed E-state index contributed by atoms with van der Waals surface area (Å²) in [6.07, 6.45) is 2.24. The molecule has 7 nitrogen and oxygen atoms in total. The van der Waals surface area contributed by atoms with Gasteiger partial charge in [0.1, 0.15) is 0 Å². The molecule has 150 valence electrons.